The summed E-state index contributed by atoms with van der Waals surface area (Å²) in [4.78, 5) is 12.7. The number of hydrogen-bond donors (Lipinski definition) is 3. The van der Waals surface area contributed by atoms with Crippen molar-refractivity contribution in [1.29, 1.82) is 0 Å². The van der Waals surface area contributed by atoms with Crippen LogP contribution in [-0.2, 0) is 17.8 Å². The first-order chi connectivity index (χ1) is 17.2. The van der Waals surface area contributed by atoms with Gasteiger partial charge in [0.1, 0.15) is 5.75 Å². The highest BCUT2D eigenvalue weighted by Crippen LogP contribution is 2.34. The molecular formula is C29H28N2O4S. The van der Waals surface area contributed by atoms with Crippen molar-refractivity contribution in [1.82, 2.24) is 5.32 Å². The lowest BCUT2D eigenvalue weighted by atomic mass is 10.0. The molecule has 1 amide bonds. The second kappa shape index (κ2) is 10.8. The Morgan fingerprint density at radius 3 is 2.03 bits per heavy atom. The van der Waals surface area contributed by atoms with E-state index in [1.54, 1.807) is 36.4 Å². The van der Waals surface area contributed by atoms with Crippen LogP contribution in [0.2, 0.25) is 0 Å². The second-order valence-electron chi connectivity index (χ2n) is 8.75. The summed E-state index contributed by atoms with van der Waals surface area (Å²) in [5, 5.41) is 12.4. The molecule has 184 valence electrons. The molecule has 0 fully saturated rings. The molecule has 0 aliphatic rings. The lowest BCUT2D eigenvalue weighted by Gasteiger charge is -2.25. The minimum absolute atomic E-state index is 0.205. The Morgan fingerprint density at radius 2 is 1.44 bits per heavy atom. The van der Waals surface area contributed by atoms with Gasteiger partial charge in [-0.2, -0.15) is 0 Å². The Bertz CT molecular complexity index is 1390. The lowest BCUT2D eigenvalue weighted by Crippen LogP contribution is -2.24. The maximum Gasteiger partial charge on any atom is 0.266 e. The molecule has 3 N–H and O–H groups in total. The third kappa shape index (κ3) is 5.64. The fraction of sp³-hybridized carbons (Fsp3) is 0.138. The van der Waals surface area contributed by atoms with Crippen LogP contribution in [0.15, 0.2) is 84.9 Å². The smallest absolute Gasteiger partial charge is 0.266 e. The van der Waals surface area contributed by atoms with Gasteiger partial charge < -0.3 is 10.4 Å². The predicted molar refractivity (Wildman–Crippen MR) is 145 cm³/mol. The van der Waals surface area contributed by atoms with Crippen LogP contribution in [0.3, 0.4) is 0 Å². The van der Waals surface area contributed by atoms with Crippen molar-refractivity contribution in [2.75, 3.05) is 4.31 Å². The largest absolute Gasteiger partial charge is 0.508 e. The first-order valence-corrected chi connectivity index (χ1v) is 12.5. The number of amides is 1. The highest BCUT2D eigenvalue weighted by Gasteiger charge is 2.20. The van der Waals surface area contributed by atoms with Gasteiger partial charge in [-0.05, 0) is 85.0 Å². The molecule has 6 nitrogen and oxygen atoms in total. The number of hydrogen-bond acceptors (Lipinski definition) is 3. The van der Waals surface area contributed by atoms with E-state index in [1.165, 1.54) is 4.31 Å². The molecule has 4 rings (SSSR count). The van der Waals surface area contributed by atoms with Crippen LogP contribution in [0, 0.1) is 20.8 Å². The maximum absolute atomic E-state index is 12.7. The first-order valence-electron chi connectivity index (χ1n) is 11.5. The molecule has 36 heavy (non-hydrogen) atoms. The normalized spacial score (nSPS) is 11.7. The third-order valence-corrected chi connectivity index (χ3v) is 6.65. The number of aryl methyl sites for hydroxylation is 3. The molecule has 1 unspecified atom stereocenters. The van der Waals surface area contributed by atoms with Crippen LogP contribution in [0.4, 0.5) is 11.4 Å². The quantitative estimate of drug-likeness (QED) is 0.264. The molecule has 0 spiro atoms. The molecule has 0 heterocycles. The number of anilines is 2. The molecule has 0 saturated carbocycles. The summed E-state index contributed by atoms with van der Waals surface area (Å²) in [7, 11) is 0. The summed E-state index contributed by atoms with van der Waals surface area (Å²) in [6, 6.07) is 25.4. The minimum Gasteiger partial charge on any atom is -0.508 e. The topological polar surface area (TPSA) is 89.9 Å². The van der Waals surface area contributed by atoms with Crippen molar-refractivity contribution < 1.29 is 18.7 Å². The third-order valence-electron chi connectivity index (χ3n) is 5.94. The number of aromatic hydroxyl groups is 1. The number of rotatable bonds is 7. The number of phenolic OH excluding ortho intramolecular Hbond substituents is 1. The van der Waals surface area contributed by atoms with Crippen LogP contribution in [-0.4, -0.2) is 19.8 Å². The molecule has 0 radical (unpaired) electrons. The molecule has 4 aromatic rings. The fourth-order valence-electron chi connectivity index (χ4n) is 4.34. The summed E-state index contributed by atoms with van der Waals surface area (Å²) in [5.41, 5.74) is 7.38. The van der Waals surface area contributed by atoms with E-state index in [0.29, 0.717) is 16.9 Å². The second-order valence-corrected chi connectivity index (χ2v) is 9.58. The molecule has 0 aromatic heterocycles. The summed E-state index contributed by atoms with van der Waals surface area (Å²) in [5.74, 6) is -0.0122. The van der Waals surface area contributed by atoms with Gasteiger partial charge >= 0.3 is 0 Å². The monoisotopic (exact) mass is 500 g/mol. The van der Waals surface area contributed by atoms with Crippen molar-refractivity contribution >= 4 is 28.5 Å². The molecule has 0 aliphatic heterocycles. The van der Waals surface area contributed by atoms with Gasteiger partial charge in [0, 0.05) is 12.1 Å². The summed E-state index contributed by atoms with van der Waals surface area (Å²) in [6.45, 7) is 6.11. The Hall–Kier alpha value is -3.94. The van der Waals surface area contributed by atoms with Crippen molar-refractivity contribution in [2.24, 2.45) is 0 Å². The Kier molecular flexibility index (Phi) is 7.52. The van der Waals surface area contributed by atoms with Crippen LogP contribution >= 0.6 is 0 Å². The molecule has 0 aliphatic carbocycles. The Morgan fingerprint density at radius 1 is 0.861 bits per heavy atom. The van der Waals surface area contributed by atoms with E-state index >= 15 is 0 Å². The summed E-state index contributed by atoms with van der Waals surface area (Å²) >= 11 is -2.27. The fourth-order valence-corrected chi connectivity index (χ4v) is 5.07. The van der Waals surface area contributed by atoms with E-state index in [0.717, 1.165) is 33.4 Å². The van der Waals surface area contributed by atoms with Crippen molar-refractivity contribution in [3.8, 4) is 16.9 Å². The first kappa shape index (κ1) is 25.2. The van der Waals surface area contributed by atoms with Gasteiger partial charge in [0.25, 0.3) is 17.2 Å². The molecular weight excluding hydrogens is 472 g/mol. The van der Waals surface area contributed by atoms with E-state index in [1.807, 2.05) is 69.3 Å². The number of phenols is 1. The van der Waals surface area contributed by atoms with Gasteiger partial charge in [-0.1, -0.05) is 54.1 Å². The lowest BCUT2D eigenvalue weighted by molar-refractivity contribution is 0.0951. The Balaban J connectivity index is 1.49. The average Bonchev–Trinajstić information content (AvgIpc) is 2.85. The average molecular weight is 501 g/mol. The Labute approximate surface area is 213 Å². The van der Waals surface area contributed by atoms with Gasteiger partial charge in [-0.25, -0.2) is 8.51 Å². The number of carbonyl (C=O) groups excluding carboxylic acids is 1. The van der Waals surface area contributed by atoms with Crippen molar-refractivity contribution in [2.45, 2.75) is 27.3 Å². The number of nitrogens with one attached hydrogen (secondary N) is 1. The van der Waals surface area contributed by atoms with Crippen LogP contribution in [0.1, 0.15) is 32.6 Å². The highest BCUT2D eigenvalue weighted by molar-refractivity contribution is 7.81. The zero-order valence-corrected chi connectivity index (χ0v) is 21.2. The molecule has 1 atom stereocenters. The standard InChI is InChI=1S/C29H28N2O4S/c1-19-15-20(2)28(21(3)16-19)31(36(34)35)26-6-4-5-22(17-26)18-30-29(33)25-9-7-23(8-10-25)24-11-13-27(32)14-12-24/h4-17,32H,18H2,1-3H3,(H,30,33)(H,34,35). The minimum atomic E-state index is -2.27. The zero-order chi connectivity index (χ0) is 25.8. The molecule has 0 saturated heterocycles. The molecule has 7 heteroatoms. The summed E-state index contributed by atoms with van der Waals surface area (Å²) < 4.78 is 23.9. The van der Waals surface area contributed by atoms with Gasteiger partial charge in [0.2, 0.25) is 0 Å². The van der Waals surface area contributed by atoms with E-state index < -0.39 is 11.3 Å². The van der Waals surface area contributed by atoms with E-state index in [9.17, 15) is 18.7 Å². The number of nitrogens with zero attached hydrogens (tertiary/aromatic N) is 1. The van der Waals surface area contributed by atoms with E-state index in [-0.39, 0.29) is 18.2 Å². The van der Waals surface area contributed by atoms with Crippen LogP contribution in [0.25, 0.3) is 11.1 Å². The van der Waals surface area contributed by atoms with Gasteiger partial charge in [0.15, 0.2) is 0 Å². The van der Waals surface area contributed by atoms with E-state index in [2.05, 4.69) is 5.32 Å². The molecule has 4 aromatic carbocycles. The summed E-state index contributed by atoms with van der Waals surface area (Å²) in [6.07, 6.45) is 0. The van der Waals surface area contributed by atoms with Gasteiger partial charge in [0.05, 0.1) is 11.4 Å². The van der Waals surface area contributed by atoms with Crippen molar-refractivity contribution in [3.63, 3.8) is 0 Å². The zero-order valence-electron chi connectivity index (χ0n) is 20.4. The van der Waals surface area contributed by atoms with Crippen molar-refractivity contribution in [3.05, 3.63) is 113 Å². The van der Waals surface area contributed by atoms with Gasteiger partial charge in [-0.3, -0.25) is 9.35 Å². The molecule has 0 bridgehead atoms. The predicted octanol–water partition coefficient (Wildman–Crippen LogP) is 6.19. The van der Waals surface area contributed by atoms with Crippen LogP contribution in [0.5, 0.6) is 5.75 Å². The SMILES string of the molecule is Cc1cc(C)c(N(c2cccc(CNC(=O)c3ccc(-c4ccc(O)cc4)cc3)c2)S(=O)O)c(C)c1. The van der Waals surface area contributed by atoms with Gasteiger partial charge in [-0.15, -0.1) is 0 Å². The highest BCUT2D eigenvalue weighted by atomic mass is 32.2. The maximum atomic E-state index is 12.7. The van der Waals surface area contributed by atoms with E-state index in [4.69, 9.17) is 0 Å². The number of carbonyl (C=O) groups is 1. The number of benzene rings is 4. The van der Waals surface area contributed by atoms with Crippen LogP contribution < -0.4 is 9.62 Å².